The molecule has 0 spiro atoms. The summed E-state index contributed by atoms with van der Waals surface area (Å²) in [4.78, 5) is 16.2. The van der Waals surface area contributed by atoms with E-state index in [9.17, 15) is 13.6 Å². The lowest BCUT2D eigenvalue weighted by Crippen LogP contribution is -2.26. The molecule has 1 aliphatic rings. The van der Waals surface area contributed by atoms with Gasteiger partial charge in [-0.25, -0.2) is 13.8 Å². The molecule has 1 N–H and O–H groups in total. The van der Waals surface area contributed by atoms with E-state index in [1.807, 2.05) is 0 Å². The van der Waals surface area contributed by atoms with E-state index in [0.717, 1.165) is 31.0 Å². The molecule has 0 aliphatic carbocycles. The number of benzene rings is 1. The first-order valence-corrected chi connectivity index (χ1v) is 8.06. The van der Waals surface area contributed by atoms with Gasteiger partial charge in [0.1, 0.15) is 22.8 Å². The Morgan fingerprint density at radius 2 is 1.88 bits per heavy atom. The molecule has 5 nitrogen and oxygen atoms in total. The van der Waals surface area contributed by atoms with Crippen LogP contribution in [0.3, 0.4) is 0 Å². The predicted molar refractivity (Wildman–Crippen MR) is 88.0 cm³/mol. The van der Waals surface area contributed by atoms with Crippen molar-refractivity contribution in [1.82, 2.24) is 4.98 Å². The second kappa shape index (κ2) is 7.76. The lowest BCUT2D eigenvalue weighted by Gasteiger charge is -2.23. The van der Waals surface area contributed by atoms with E-state index in [4.69, 9.17) is 21.1 Å². The number of nitrogens with zero attached hydrogens (tertiary/aromatic N) is 1. The number of halogens is 3. The number of hydrogen-bond donors (Lipinski definition) is 1. The number of aromatic nitrogens is 1. The van der Waals surface area contributed by atoms with E-state index in [0.29, 0.717) is 13.2 Å². The maximum atomic E-state index is 13.2. The normalized spacial score (nSPS) is 15.0. The van der Waals surface area contributed by atoms with Gasteiger partial charge in [0.2, 0.25) is 5.88 Å². The Morgan fingerprint density at radius 1 is 1.20 bits per heavy atom. The van der Waals surface area contributed by atoms with Crippen LogP contribution in [0.25, 0.3) is 0 Å². The fraction of sp³-hybridized carbons (Fsp3) is 0.294. The molecule has 3 rings (SSSR count). The Kier molecular flexibility index (Phi) is 5.45. The summed E-state index contributed by atoms with van der Waals surface area (Å²) in [5.74, 6) is -1.92. The van der Waals surface area contributed by atoms with E-state index < -0.39 is 17.5 Å². The van der Waals surface area contributed by atoms with Crippen LogP contribution in [0.4, 0.5) is 14.5 Å². The SMILES string of the molecule is O=C(Nc1cc(F)cc(F)c1)c1cnc(OC2CCOCC2)c(Cl)c1. The average Bonchev–Trinajstić information content (AvgIpc) is 2.56. The highest BCUT2D eigenvalue weighted by Crippen LogP contribution is 2.26. The molecule has 25 heavy (non-hydrogen) atoms. The molecule has 0 bridgehead atoms. The van der Waals surface area contributed by atoms with Crippen LogP contribution in [0.2, 0.25) is 5.02 Å². The molecular weight excluding hydrogens is 354 g/mol. The Labute approximate surface area is 147 Å². The summed E-state index contributed by atoms with van der Waals surface area (Å²) in [5, 5.41) is 2.58. The minimum absolute atomic E-state index is 0.00107. The molecule has 132 valence electrons. The molecule has 8 heteroatoms. The molecule has 1 fully saturated rings. The van der Waals surface area contributed by atoms with Crippen molar-refractivity contribution in [2.45, 2.75) is 18.9 Å². The quantitative estimate of drug-likeness (QED) is 0.891. The summed E-state index contributed by atoms with van der Waals surface area (Å²) >= 11 is 6.13. The zero-order valence-corrected chi connectivity index (χ0v) is 13.9. The van der Waals surface area contributed by atoms with Crippen molar-refractivity contribution in [1.29, 1.82) is 0 Å². The number of nitrogens with one attached hydrogen (secondary N) is 1. The number of carbonyl (C=O) groups is 1. The van der Waals surface area contributed by atoms with Gasteiger partial charge in [-0.1, -0.05) is 11.6 Å². The summed E-state index contributed by atoms with van der Waals surface area (Å²) < 4.78 is 37.3. The van der Waals surface area contributed by atoms with Crippen molar-refractivity contribution in [3.05, 3.63) is 52.7 Å². The van der Waals surface area contributed by atoms with Crippen LogP contribution in [0.5, 0.6) is 5.88 Å². The van der Waals surface area contributed by atoms with Gasteiger partial charge in [0, 0.05) is 30.8 Å². The van der Waals surface area contributed by atoms with Crippen molar-refractivity contribution in [3.8, 4) is 5.88 Å². The average molecular weight is 369 g/mol. The lowest BCUT2D eigenvalue weighted by atomic mass is 10.1. The summed E-state index contributed by atoms with van der Waals surface area (Å²) in [6.07, 6.45) is 2.75. The molecule has 1 aromatic heterocycles. The van der Waals surface area contributed by atoms with Gasteiger partial charge in [-0.2, -0.15) is 0 Å². The zero-order chi connectivity index (χ0) is 17.8. The van der Waals surface area contributed by atoms with Crippen molar-refractivity contribution >= 4 is 23.2 Å². The lowest BCUT2D eigenvalue weighted by molar-refractivity contribution is 0.0238. The molecule has 2 aromatic rings. The van der Waals surface area contributed by atoms with Crippen LogP contribution in [0.15, 0.2) is 30.5 Å². The number of anilines is 1. The number of rotatable bonds is 4. The molecule has 1 amide bonds. The summed E-state index contributed by atoms with van der Waals surface area (Å²) in [6, 6.07) is 4.14. The van der Waals surface area contributed by atoms with Gasteiger partial charge in [0.15, 0.2) is 0 Å². The largest absolute Gasteiger partial charge is 0.473 e. The number of amides is 1. The van der Waals surface area contributed by atoms with Gasteiger partial charge >= 0.3 is 0 Å². The molecule has 1 aliphatic heterocycles. The van der Waals surface area contributed by atoms with Crippen molar-refractivity contribution in [3.63, 3.8) is 0 Å². The summed E-state index contributed by atoms with van der Waals surface area (Å²) in [6.45, 7) is 1.24. The van der Waals surface area contributed by atoms with Crippen LogP contribution >= 0.6 is 11.6 Å². The number of hydrogen-bond acceptors (Lipinski definition) is 4. The van der Waals surface area contributed by atoms with Crippen LogP contribution in [-0.4, -0.2) is 30.2 Å². The fourth-order valence-corrected chi connectivity index (χ4v) is 2.63. The second-order valence-electron chi connectivity index (χ2n) is 5.55. The first kappa shape index (κ1) is 17.6. The second-order valence-corrected chi connectivity index (χ2v) is 5.96. The third-order valence-corrected chi connectivity index (χ3v) is 3.91. The Morgan fingerprint density at radius 3 is 2.52 bits per heavy atom. The smallest absolute Gasteiger partial charge is 0.257 e. The van der Waals surface area contributed by atoms with E-state index in [2.05, 4.69) is 10.3 Å². The molecule has 0 saturated carbocycles. The Bertz CT molecular complexity index is 762. The van der Waals surface area contributed by atoms with Gasteiger partial charge in [0.25, 0.3) is 5.91 Å². The molecule has 0 atom stereocenters. The maximum Gasteiger partial charge on any atom is 0.257 e. The molecule has 2 heterocycles. The van der Waals surface area contributed by atoms with Gasteiger partial charge < -0.3 is 14.8 Å². The number of carbonyl (C=O) groups excluding carboxylic acids is 1. The van der Waals surface area contributed by atoms with Gasteiger partial charge in [0.05, 0.1) is 18.8 Å². The van der Waals surface area contributed by atoms with E-state index >= 15 is 0 Å². The van der Waals surface area contributed by atoms with Crippen molar-refractivity contribution in [2.24, 2.45) is 0 Å². The first-order chi connectivity index (χ1) is 12.0. The zero-order valence-electron chi connectivity index (χ0n) is 13.1. The van der Waals surface area contributed by atoms with Crippen LogP contribution in [0.1, 0.15) is 23.2 Å². The Hall–Kier alpha value is -2.25. The van der Waals surface area contributed by atoms with Gasteiger partial charge in [-0.15, -0.1) is 0 Å². The minimum Gasteiger partial charge on any atom is -0.473 e. The molecular formula is C17H15ClF2N2O3. The topological polar surface area (TPSA) is 60.5 Å². The minimum atomic E-state index is -0.785. The Balaban J connectivity index is 1.69. The van der Waals surface area contributed by atoms with E-state index in [1.54, 1.807) is 0 Å². The third-order valence-electron chi connectivity index (χ3n) is 3.64. The van der Waals surface area contributed by atoms with Crippen molar-refractivity contribution < 1.29 is 23.0 Å². The standard InChI is InChI=1S/C17H15ClF2N2O3/c18-15-5-10(9-21-17(15)25-14-1-3-24-4-2-14)16(23)22-13-7-11(19)6-12(20)8-13/h5-9,14H,1-4H2,(H,22,23). The molecule has 1 aromatic carbocycles. The molecule has 0 unspecified atom stereocenters. The predicted octanol–water partition coefficient (Wildman–Crippen LogP) is 3.82. The highest BCUT2D eigenvalue weighted by atomic mass is 35.5. The third kappa shape index (κ3) is 4.64. The van der Waals surface area contributed by atoms with E-state index in [1.165, 1.54) is 12.3 Å². The maximum absolute atomic E-state index is 13.2. The van der Waals surface area contributed by atoms with E-state index in [-0.39, 0.29) is 28.3 Å². The van der Waals surface area contributed by atoms with Gasteiger partial charge in [-0.3, -0.25) is 4.79 Å². The number of ether oxygens (including phenoxy) is 2. The van der Waals surface area contributed by atoms with Gasteiger partial charge in [-0.05, 0) is 18.2 Å². The van der Waals surface area contributed by atoms with Crippen molar-refractivity contribution in [2.75, 3.05) is 18.5 Å². The first-order valence-electron chi connectivity index (χ1n) is 7.68. The molecule has 1 saturated heterocycles. The highest BCUT2D eigenvalue weighted by Gasteiger charge is 2.18. The summed E-state index contributed by atoms with van der Waals surface area (Å²) in [7, 11) is 0. The fourth-order valence-electron chi connectivity index (χ4n) is 2.42. The molecule has 0 radical (unpaired) electrons. The van der Waals surface area contributed by atoms with Crippen LogP contribution < -0.4 is 10.1 Å². The highest BCUT2D eigenvalue weighted by molar-refractivity contribution is 6.32. The number of pyridine rings is 1. The monoisotopic (exact) mass is 368 g/mol. The van der Waals surface area contributed by atoms with Crippen LogP contribution in [-0.2, 0) is 4.74 Å². The summed E-state index contributed by atoms with van der Waals surface area (Å²) in [5.41, 5.74) is 0.148. The van der Waals surface area contributed by atoms with Crippen LogP contribution in [0, 0.1) is 11.6 Å².